The summed E-state index contributed by atoms with van der Waals surface area (Å²) >= 11 is 11.0. The summed E-state index contributed by atoms with van der Waals surface area (Å²) in [7, 11) is 1.60. The van der Waals surface area contributed by atoms with E-state index in [-0.39, 0.29) is 5.91 Å². The Morgan fingerprint density at radius 3 is 2.80 bits per heavy atom. The van der Waals surface area contributed by atoms with E-state index in [9.17, 15) is 4.79 Å². The third-order valence-electron chi connectivity index (χ3n) is 3.04. The normalized spacial score (nSPS) is 16.8. The van der Waals surface area contributed by atoms with Crippen molar-refractivity contribution in [2.24, 2.45) is 0 Å². The zero-order valence-electron chi connectivity index (χ0n) is 11.3. The Balaban J connectivity index is 2.32. The molecule has 1 aliphatic rings. The maximum Gasteiger partial charge on any atom is 0.276 e. The van der Waals surface area contributed by atoms with E-state index in [2.05, 4.69) is 5.32 Å². The smallest absolute Gasteiger partial charge is 0.276 e. The molecular weight excluding hydrogens is 296 g/mol. The second-order valence-electron chi connectivity index (χ2n) is 4.24. The van der Waals surface area contributed by atoms with Gasteiger partial charge in [0.1, 0.15) is 11.4 Å². The molecule has 20 heavy (non-hydrogen) atoms. The number of ether oxygens (including phenoxy) is 1. The lowest BCUT2D eigenvalue weighted by molar-refractivity contribution is -0.122. The largest absolute Gasteiger partial charge is 0.496 e. The molecular formula is C14H15ClN2O2S. The minimum absolute atomic E-state index is 0.110. The highest BCUT2D eigenvalue weighted by Gasteiger charge is 2.28. The highest BCUT2D eigenvalue weighted by Crippen LogP contribution is 2.23. The van der Waals surface area contributed by atoms with Crippen LogP contribution in [-0.2, 0) is 10.7 Å². The summed E-state index contributed by atoms with van der Waals surface area (Å²) in [6.07, 6.45) is 1.76. The predicted molar refractivity (Wildman–Crippen MR) is 83.6 cm³/mol. The molecule has 0 saturated carbocycles. The Morgan fingerprint density at radius 2 is 2.25 bits per heavy atom. The van der Waals surface area contributed by atoms with E-state index in [0.717, 1.165) is 16.9 Å². The van der Waals surface area contributed by atoms with E-state index in [1.165, 1.54) is 4.90 Å². The van der Waals surface area contributed by atoms with Crippen molar-refractivity contribution < 1.29 is 9.53 Å². The first-order valence-corrected chi connectivity index (χ1v) is 7.12. The maximum absolute atomic E-state index is 12.1. The number of hydrogen-bond acceptors (Lipinski definition) is 3. The monoisotopic (exact) mass is 310 g/mol. The summed E-state index contributed by atoms with van der Waals surface area (Å²) in [6, 6.07) is 5.60. The van der Waals surface area contributed by atoms with Crippen LogP contribution in [0.3, 0.4) is 0 Å². The molecule has 0 atom stereocenters. The number of nitrogens with one attached hydrogen (secondary N) is 1. The predicted octanol–water partition coefficient (Wildman–Crippen LogP) is 2.51. The number of methoxy groups -OCH3 is 1. The van der Waals surface area contributed by atoms with Crippen molar-refractivity contribution in [2.75, 3.05) is 13.7 Å². The number of benzene rings is 1. The molecule has 1 aliphatic heterocycles. The van der Waals surface area contributed by atoms with Gasteiger partial charge in [0.25, 0.3) is 5.91 Å². The molecule has 0 aliphatic carbocycles. The molecule has 106 valence electrons. The number of hydrogen-bond donors (Lipinski definition) is 1. The van der Waals surface area contributed by atoms with E-state index >= 15 is 0 Å². The number of alkyl halides is 1. The molecule has 1 N–H and O–H groups in total. The highest BCUT2D eigenvalue weighted by molar-refractivity contribution is 7.80. The second kappa shape index (κ2) is 6.24. The molecule has 0 bridgehead atoms. The number of carbonyl (C=O) groups excluding carboxylic acids is 1. The zero-order chi connectivity index (χ0) is 14.7. The fraction of sp³-hybridized carbons (Fsp3) is 0.286. The first-order chi connectivity index (χ1) is 9.60. The first kappa shape index (κ1) is 14.8. The van der Waals surface area contributed by atoms with E-state index in [1.807, 2.05) is 25.1 Å². The van der Waals surface area contributed by atoms with Gasteiger partial charge in [-0.2, -0.15) is 0 Å². The minimum Gasteiger partial charge on any atom is -0.496 e. The van der Waals surface area contributed by atoms with Gasteiger partial charge in [-0.05, 0) is 42.9 Å². The third kappa shape index (κ3) is 2.78. The van der Waals surface area contributed by atoms with Crippen LogP contribution in [0.25, 0.3) is 6.08 Å². The van der Waals surface area contributed by atoms with Crippen LogP contribution < -0.4 is 10.1 Å². The van der Waals surface area contributed by atoms with Crippen molar-refractivity contribution >= 4 is 40.9 Å². The average molecular weight is 311 g/mol. The fourth-order valence-corrected chi connectivity index (χ4v) is 2.55. The molecule has 1 aromatic rings. The van der Waals surface area contributed by atoms with Crippen LogP contribution in [0.2, 0.25) is 0 Å². The molecule has 1 heterocycles. The number of rotatable bonds is 4. The molecule has 1 aromatic carbocycles. The maximum atomic E-state index is 12.1. The minimum atomic E-state index is -0.110. The van der Waals surface area contributed by atoms with Gasteiger partial charge in [-0.25, -0.2) is 0 Å². The van der Waals surface area contributed by atoms with Crippen LogP contribution in [0.5, 0.6) is 5.75 Å². The summed E-state index contributed by atoms with van der Waals surface area (Å²) in [6.45, 7) is 2.44. The highest BCUT2D eigenvalue weighted by atomic mass is 35.5. The van der Waals surface area contributed by atoms with Crippen molar-refractivity contribution in [1.82, 2.24) is 10.2 Å². The molecule has 1 saturated heterocycles. The fourth-order valence-electron chi connectivity index (χ4n) is 2.02. The molecule has 1 amide bonds. The standard InChI is InChI=1S/C14H15ClN2O2S/c1-3-17-13(18)11(16-14(17)20)7-9-4-5-12(19-2)10(6-9)8-15/h4-7H,3,8H2,1-2H3,(H,16,20)/b11-7+. The number of carbonyl (C=O) groups is 1. The molecule has 0 spiro atoms. The number of thiocarbonyl (C=S) groups is 1. The lowest BCUT2D eigenvalue weighted by Crippen LogP contribution is -2.30. The van der Waals surface area contributed by atoms with Gasteiger partial charge in [0.2, 0.25) is 0 Å². The number of amides is 1. The van der Waals surface area contributed by atoms with Gasteiger partial charge in [0.05, 0.1) is 13.0 Å². The molecule has 1 fully saturated rings. The van der Waals surface area contributed by atoms with E-state index < -0.39 is 0 Å². The van der Waals surface area contributed by atoms with E-state index in [1.54, 1.807) is 13.2 Å². The third-order valence-corrected chi connectivity index (χ3v) is 3.65. The van der Waals surface area contributed by atoms with E-state index in [0.29, 0.717) is 23.2 Å². The lowest BCUT2D eigenvalue weighted by atomic mass is 10.1. The number of halogens is 1. The van der Waals surface area contributed by atoms with Crippen molar-refractivity contribution in [3.8, 4) is 5.75 Å². The van der Waals surface area contributed by atoms with Crippen LogP contribution >= 0.6 is 23.8 Å². The Kier molecular flexibility index (Phi) is 4.62. The molecule has 0 radical (unpaired) electrons. The van der Waals surface area contributed by atoms with Gasteiger partial charge in [-0.1, -0.05) is 6.07 Å². The van der Waals surface area contributed by atoms with Crippen molar-refractivity contribution in [3.63, 3.8) is 0 Å². The number of likely N-dealkylation sites (N-methyl/N-ethyl adjacent to an activating group) is 1. The second-order valence-corrected chi connectivity index (χ2v) is 4.90. The van der Waals surface area contributed by atoms with E-state index in [4.69, 9.17) is 28.6 Å². The SMILES string of the molecule is CCN1C(=O)/C(=C\c2ccc(OC)c(CCl)c2)NC1=S. The topological polar surface area (TPSA) is 41.6 Å². The lowest BCUT2D eigenvalue weighted by Gasteiger charge is -2.09. The van der Waals surface area contributed by atoms with Gasteiger partial charge < -0.3 is 10.1 Å². The average Bonchev–Trinajstić information content (AvgIpc) is 2.72. The Hall–Kier alpha value is -1.59. The summed E-state index contributed by atoms with van der Waals surface area (Å²) in [5.41, 5.74) is 2.23. The van der Waals surface area contributed by atoms with Gasteiger partial charge >= 0.3 is 0 Å². The van der Waals surface area contributed by atoms with Crippen molar-refractivity contribution in [3.05, 3.63) is 35.0 Å². The van der Waals surface area contributed by atoms with Gasteiger partial charge in [0, 0.05) is 12.1 Å². The van der Waals surface area contributed by atoms with Crippen LogP contribution in [0.4, 0.5) is 0 Å². The summed E-state index contributed by atoms with van der Waals surface area (Å²) in [5, 5.41) is 3.36. The quantitative estimate of drug-likeness (QED) is 0.527. The summed E-state index contributed by atoms with van der Waals surface area (Å²) in [4.78, 5) is 13.6. The van der Waals surface area contributed by atoms with Crippen LogP contribution in [0.15, 0.2) is 23.9 Å². The molecule has 4 nitrogen and oxygen atoms in total. The molecule has 2 rings (SSSR count). The Morgan fingerprint density at radius 1 is 1.50 bits per heavy atom. The van der Waals surface area contributed by atoms with Crippen molar-refractivity contribution in [1.29, 1.82) is 0 Å². The summed E-state index contributed by atoms with van der Waals surface area (Å²) in [5.74, 6) is 0.973. The zero-order valence-corrected chi connectivity index (χ0v) is 12.8. The number of nitrogens with zero attached hydrogens (tertiary/aromatic N) is 1. The summed E-state index contributed by atoms with van der Waals surface area (Å²) < 4.78 is 5.22. The Bertz CT molecular complexity index is 587. The molecule has 0 unspecified atom stereocenters. The van der Waals surface area contributed by atoms with Crippen LogP contribution in [0, 0.1) is 0 Å². The van der Waals surface area contributed by atoms with Gasteiger partial charge in [0.15, 0.2) is 5.11 Å². The first-order valence-electron chi connectivity index (χ1n) is 6.18. The van der Waals surface area contributed by atoms with Gasteiger partial charge in [-0.3, -0.25) is 9.69 Å². The Labute approximate surface area is 128 Å². The van der Waals surface area contributed by atoms with Gasteiger partial charge in [-0.15, -0.1) is 11.6 Å². The van der Waals surface area contributed by atoms with Crippen LogP contribution in [-0.4, -0.2) is 29.6 Å². The molecule has 0 aromatic heterocycles. The molecule has 6 heteroatoms. The van der Waals surface area contributed by atoms with Crippen molar-refractivity contribution in [2.45, 2.75) is 12.8 Å². The van der Waals surface area contributed by atoms with Crippen LogP contribution in [0.1, 0.15) is 18.1 Å².